The van der Waals surface area contributed by atoms with E-state index in [1.807, 2.05) is 20.8 Å². The molecular weight excluding hydrogens is 335 g/mol. The molecule has 20 heavy (non-hydrogen) atoms. The van der Waals surface area contributed by atoms with Gasteiger partial charge in [0, 0.05) is 10.4 Å². The number of ether oxygens (including phenoxy) is 1. The molecular formula is C14H19BrF3NO. The van der Waals surface area contributed by atoms with E-state index in [1.165, 1.54) is 12.1 Å². The molecule has 0 saturated carbocycles. The summed E-state index contributed by atoms with van der Waals surface area (Å²) in [5.74, 6) is 0.148. The number of hydrogen-bond acceptors (Lipinski definition) is 2. The van der Waals surface area contributed by atoms with Gasteiger partial charge in [-0.3, -0.25) is 5.73 Å². The highest BCUT2D eigenvalue weighted by molar-refractivity contribution is 9.10. The Morgan fingerprint density at radius 2 is 1.85 bits per heavy atom. The van der Waals surface area contributed by atoms with Gasteiger partial charge in [0.05, 0.1) is 5.56 Å². The number of benzene rings is 1. The van der Waals surface area contributed by atoms with Crippen LogP contribution in [0.15, 0.2) is 22.7 Å². The van der Waals surface area contributed by atoms with Gasteiger partial charge in [-0.05, 0) is 30.5 Å². The summed E-state index contributed by atoms with van der Waals surface area (Å²) < 4.78 is 44.5. The molecule has 0 fully saturated rings. The van der Waals surface area contributed by atoms with Crippen molar-refractivity contribution in [1.82, 2.24) is 0 Å². The number of rotatable bonds is 5. The van der Waals surface area contributed by atoms with Crippen LogP contribution in [0, 0.1) is 11.8 Å². The first-order valence-corrected chi connectivity index (χ1v) is 7.19. The van der Waals surface area contributed by atoms with E-state index in [0.717, 1.165) is 12.5 Å². The Bertz CT molecular complexity index is 449. The van der Waals surface area contributed by atoms with E-state index in [1.54, 1.807) is 0 Å². The molecule has 6 heteroatoms. The van der Waals surface area contributed by atoms with Crippen molar-refractivity contribution in [2.24, 2.45) is 17.6 Å². The molecule has 0 aliphatic rings. The minimum absolute atomic E-state index is 0.0280. The van der Waals surface area contributed by atoms with Gasteiger partial charge < -0.3 is 4.74 Å². The third-order valence-corrected chi connectivity index (χ3v) is 3.41. The van der Waals surface area contributed by atoms with Gasteiger partial charge in [-0.15, -0.1) is 0 Å². The molecule has 2 nitrogen and oxygen atoms in total. The highest BCUT2D eigenvalue weighted by atomic mass is 79.9. The van der Waals surface area contributed by atoms with Crippen molar-refractivity contribution >= 4 is 15.9 Å². The standard InChI is InChI=1S/C14H19BrF3NO/c1-8(2)6-9(3)13(19)20-12-5-4-10(15)7-11(12)14(16,17)18/h4-5,7-9,13H,6,19H2,1-3H3/t9?,13-/m0/s1. The Hall–Kier alpha value is -0.750. The Balaban J connectivity index is 2.92. The summed E-state index contributed by atoms with van der Waals surface area (Å²) in [6.07, 6.45) is -4.45. The summed E-state index contributed by atoms with van der Waals surface area (Å²) in [5, 5.41) is 0. The second-order valence-corrected chi connectivity index (χ2v) is 6.24. The van der Waals surface area contributed by atoms with Gasteiger partial charge >= 0.3 is 6.18 Å². The van der Waals surface area contributed by atoms with E-state index in [9.17, 15) is 13.2 Å². The normalized spacial score (nSPS) is 15.2. The zero-order valence-electron chi connectivity index (χ0n) is 11.7. The second-order valence-electron chi connectivity index (χ2n) is 5.33. The number of halogens is 4. The van der Waals surface area contributed by atoms with Crippen LogP contribution in [0.2, 0.25) is 0 Å². The minimum Gasteiger partial charge on any atom is -0.475 e. The van der Waals surface area contributed by atoms with Crippen molar-refractivity contribution in [3.8, 4) is 5.75 Å². The van der Waals surface area contributed by atoms with Crippen LogP contribution in [-0.2, 0) is 6.18 Å². The van der Waals surface area contributed by atoms with Crippen LogP contribution >= 0.6 is 15.9 Å². The first-order chi connectivity index (χ1) is 9.11. The van der Waals surface area contributed by atoms with E-state index >= 15 is 0 Å². The second kappa shape index (κ2) is 6.80. The smallest absolute Gasteiger partial charge is 0.420 e. The molecule has 2 atom stereocenters. The Kier molecular flexibility index (Phi) is 5.89. The molecule has 0 bridgehead atoms. The van der Waals surface area contributed by atoms with E-state index in [4.69, 9.17) is 10.5 Å². The van der Waals surface area contributed by atoms with Gasteiger partial charge in [0.25, 0.3) is 0 Å². The van der Waals surface area contributed by atoms with Crippen molar-refractivity contribution < 1.29 is 17.9 Å². The lowest BCUT2D eigenvalue weighted by molar-refractivity contribution is -0.139. The molecule has 1 aromatic rings. The van der Waals surface area contributed by atoms with Crippen LogP contribution < -0.4 is 10.5 Å². The van der Waals surface area contributed by atoms with Crippen LogP contribution in [0.4, 0.5) is 13.2 Å². The Labute approximate surface area is 125 Å². The third kappa shape index (κ3) is 4.98. The van der Waals surface area contributed by atoms with E-state index in [0.29, 0.717) is 10.4 Å². The van der Waals surface area contributed by atoms with Crippen LogP contribution in [-0.4, -0.2) is 6.23 Å². The van der Waals surface area contributed by atoms with E-state index in [2.05, 4.69) is 15.9 Å². The maximum atomic E-state index is 12.9. The number of nitrogens with two attached hydrogens (primary N) is 1. The van der Waals surface area contributed by atoms with Gasteiger partial charge in [0.2, 0.25) is 0 Å². The van der Waals surface area contributed by atoms with Gasteiger partial charge in [0.15, 0.2) is 0 Å². The highest BCUT2D eigenvalue weighted by Crippen LogP contribution is 2.38. The predicted octanol–water partition coefficient (Wildman–Crippen LogP) is 4.81. The fourth-order valence-electron chi connectivity index (χ4n) is 1.97. The molecule has 0 saturated heterocycles. The monoisotopic (exact) mass is 353 g/mol. The zero-order valence-corrected chi connectivity index (χ0v) is 13.3. The van der Waals surface area contributed by atoms with Gasteiger partial charge in [-0.2, -0.15) is 13.2 Å². The van der Waals surface area contributed by atoms with Crippen molar-refractivity contribution in [3.05, 3.63) is 28.2 Å². The molecule has 114 valence electrons. The van der Waals surface area contributed by atoms with Crippen molar-refractivity contribution in [1.29, 1.82) is 0 Å². The van der Waals surface area contributed by atoms with Crippen LogP contribution in [0.3, 0.4) is 0 Å². The molecule has 0 heterocycles. The van der Waals surface area contributed by atoms with Gasteiger partial charge in [-0.1, -0.05) is 36.7 Å². The summed E-state index contributed by atoms with van der Waals surface area (Å²) in [6.45, 7) is 5.94. The van der Waals surface area contributed by atoms with Crippen LogP contribution in [0.1, 0.15) is 32.8 Å². The molecule has 0 spiro atoms. The maximum Gasteiger partial charge on any atom is 0.420 e. The average molecular weight is 354 g/mol. The summed E-state index contributed by atoms with van der Waals surface area (Å²) in [6, 6.07) is 3.79. The zero-order chi connectivity index (χ0) is 15.5. The summed E-state index contributed by atoms with van der Waals surface area (Å²) >= 11 is 3.03. The number of hydrogen-bond donors (Lipinski definition) is 1. The quantitative estimate of drug-likeness (QED) is 0.770. The third-order valence-electron chi connectivity index (χ3n) is 2.91. The molecule has 0 radical (unpaired) electrons. The summed E-state index contributed by atoms with van der Waals surface area (Å²) in [4.78, 5) is 0. The fourth-order valence-corrected chi connectivity index (χ4v) is 2.33. The molecule has 2 N–H and O–H groups in total. The van der Waals surface area contributed by atoms with Crippen molar-refractivity contribution in [2.75, 3.05) is 0 Å². The van der Waals surface area contributed by atoms with E-state index in [-0.39, 0.29) is 11.7 Å². The largest absolute Gasteiger partial charge is 0.475 e. The molecule has 0 amide bonds. The molecule has 1 rings (SSSR count). The van der Waals surface area contributed by atoms with Crippen LogP contribution in [0.5, 0.6) is 5.75 Å². The molecule has 1 aromatic carbocycles. The molecule has 0 aliphatic carbocycles. The van der Waals surface area contributed by atoms with Crippen molar-refractivity contribution in [2.45, 2.75) is 39.6 Å². The lowest BCUT2D eigenvalue weighted by atomic mass is 9.97. The number of alkyl halides is 3. The molecule has 0 aromatic heterocycles. The highest BCUT2D eigenvalue weighted by Gasteiger charge is 2.35. The van der Waals surface area contributed by atoms with Gasteiger partial charge in [-0.25, -0.2) is 0 Å². The maximum absolute atomic E-state index is 12.9. The SMILES string of the molecule is CC(C)CC(C)[C@@H](N)Oc1ccc(Br)cc1C(F)(F)F. The first-order valence-electron chi connectivity index (χ1n) is 6.40. The summed E-state index contributed by atoms with van der Waals surface area (Å²) in [7, 11) is 0. The predicted molar refractivity (Wildman–Crippen MR) is 76.4 cm³/mol. The Morgan fingerprint density at radius 3 is 2.35 bits per heavy atom. The molecule has 0 aliphatic heterocycles. The minimum atomic E-state index is -4.47. The van der Waals surface area contributed by atoms with Crippen LogP contribution in [0.25, 0.3) is 0 Å². The average Bonchev–Trinajstić information content (AvgIpc) is 2.29. The van der Waals surface area contributed by atoms with Gasteiger partial charge in [0.1, 0.15) is 12.0 Å². The lowest BCUT2D eigenvalue weighted by Gasteiger charge is -2.24. The summed E-state index contributed by atoms with van der Waals surface area (Å²) in [5.41, 5.74) is 5.03. The lowest BCUT2D eigenvalue weighted by Crippen LogP contribution is -2.35. The topological polar surface area (TPSA) is 35.2 Å². The molecule has 1 unspecified atom stereocenters. The Morgan fingerprint density at radius 1 is 1.25 bits per heavy atom. The van der Waals surface area contributed by atoms with Crippen molar-refractivity contribution in [3.63, 3.8) is 0 Å². The first kappa shape index (κ1) is 17.3. The van der Waals surface area contributed by atoms with E-state index < -0.39 is 18.0 Å². The fraction of sp³-hybridized carbons (Fsp3) is 0.571.